The first-order chi connectivity index (χ1) is 29.4. The Morgan fingerprint density at radius 2 is 1.15 bits per heavy atom. The Kier molecular flexibility index (Phi) is 19.7. The van der Waals surface area contributed by atoms with Gasteiger partial charge in [-0.1, -0.05) is 12.1 Å². The third kappa shape index (κ3) is 16.6. The molecule has 2 aliphatic heterocycles. The largest absolute Gasteiger partial charge is 1.00 e. The van der Waals surface area contributed by atoms with Crippen molar-refractivity contribution in [1.29, 1.82) is 5.26 Å². The summed E-state index contributed by atoms with van der Waals surface area (Å²) in [5.41, 5.74) is 11.9. The van der Waals surface area contributed by atoms with Crippen molar-refractivity contribution in [2.45, 2.75) is 129 Å². The maximum absolute atomic E-state index is 13.2. The number of hydrogen-bond acceptors (Lipinski definition) is 10. The molecule has 2 aliphatic rings. The molecule has 5 rings (SSSR count). The molecule has 23 heteroatoms. The van der Waals surface area contributed by atoms with Crippen LogP contribution in [0.25, 0.3) is 27.4 Å². The third-order valence-electron chi connectivity index (χ3n) is 11.2. The van der Waals surface area contributed by atoms with Crippen LogP contribution in [0.5, 0.6) is 0 Å². The number of nitriles is 1. The number of H-pyrrole nitrogens is 1. The van der Waals surface area contributed by atoms with Crippen molar-refractivity contribution >= 4 is 12.2 Å². The minimum atomic E-state index is -4.48. The summed E-state index contributed by atoms with van der Waals surface area (Å²) >= 11 is 0. The van der Waals surface area contributed by atoms with Gasteiger partial charge in [0.05, 0.1) is 22.8 Å². The first-order valence-electron chi connectivity index (χ1n) is 20.4. The molecule has 1 N–H and O–H groups in total. The fourth-order valence-corrected chi connectivity index (χ4v) is 7.02. The van der Waals surface area contributed by atoms with Crippen molar-refractivity contribution < 1.29 is 75.0 Å². The van der Waals surface area contributed by atoms with Crippen molar-refractivity contribution in [3.8, 4) is 17.5 Å². The molecule has 0 spiro atoms. The van der Waals surface area contributed by atoms with Gasteiger partial charge in [0.25, 0.3) is 0 Å². The molecule has 3 aromatic rings. The second kappa shape index (κ2) is 22.7. The van der Waals surface area contributed by atoms with Gasteiger partial charge in [-0.15, -0.1) is 10.2 Å². The Balaban J connectivity index is 0.000000417. The van der Waals surface area contributed by atoms with Gasteiger partial charge in [-0.3, -0.25) is 14.7 Å². The summed E-state index contributed by atoms with van der Waals surface area (Å²) in [7, 11) is 3.82. The van der Waals surface area contributed by atoms with Crippen LogP contribution in [0.3, 0.4) is 0 Å². The number of nitrogens with one attached hydrogen (secondary N) is 1. The van der Waals surface area contributed by atoms with Gasteiger partial charge in [-0.05, 0) is 136 Å². The number of rotatable bonds is 7. The van der Waals surface area contributed by atoms with Gasteiger partial charge in [0, 0.05) is 55.9 Å². The van der Waals surface area contributed by atoms with Crippen LogP contribution in [-0.4, -0.2) is 115 Å². The number of ether oxygens (including phenoxy) is 2. The van der Waals surface area contributed by atoms with Crippen LogP contribution in [0.4, 0.5) is 35.9 Å². The molecular formula is C42H57F6N12NaO4. The second-order valence-corrected chi connectivity index (χ2v) is 18.3. The molecule has 16 nitrogen and oxygen atoms in total. The van der Waals surface area contributed by atoms with Crippen LogP contribution in [0.1, 0.15) is 109 Å². The van der Waals surface area contributed by atoms with Crippen LogP contribution < -0.4 is 29.6 Å². The van der Waals surface area contributed by atoms with Gasteiger partial charge in [-0.2, -0.15) is 36.8 Å². The minimum Gasteiger partial charge on any atom is -0.444 e. The molecule has 0 atom stereocenters. The normalized spacial score (nSPS) is 16.1. The van der Waals surface area contributed by atoms with Crippen LogP contribution in [0.2, 0.25) is 0 Å². The van der Waals surface area contributed by atoms with E-state index in [1.54, 1.807) is 9.80 Å². The monoisotopic (exact) mass is 930 g/mol. The first-order valence-corrected chi connectivity index (χ1v) is 20.4. The molecule has 65 heavy (non-hydrogen) atoms. The molecular weight excluding hydrogens is 874 g/mol. The van der Waals surface area contributed by atoms with Gasteiger partial charge in [0.2, 0.25) is 5.82 Å². The number of likely N-dealkylation sites (tertiary alicyclic amines) is 2. The zero-order valence-corrected chi connectivity index (χ0v) is 40.9. The van der Waals surface area contributed by atoms with Crippen LogP contribution >= 0.6 is 0 Å². The molecule has 3 heterocycles. The molecule has 352 valence electrons. The molecule has 0 saturated carbocycles. The van der Waals surface area contributed by atoms with E-state index in [1.165, 1.54) is 17.0 Å². The van der Waals surface area contributed by atoms with Crippen molar-refractivity contribution in [3.05, 3.63) is 80.2 Å². The maximum atomic E-state index is 13.2. The summed E-state index contributed by atoms with van der Waals surface area (Å²) < 4.78 is 89.3. The molecule has 1 aromatic heterocycles. The molecule has 2 aromatic carbocycles. The predicted molar refractivity (Wildman–Crippen MR) is 225 cm³/mol. The van der Waals surface area contributed by atoms with E-state index < -0.39 is 34.7 Å². The minimum absolute atomic E-state index is 0. The number of amides is 2. The predicted octanol–water partition coefficient (Wildman–Crippen LogP) is 6.78. The summed E-state index contributed by atoms with van der Waals surface area (Å²) in [6.07, 6.45) is -6.79. The summed E-state index contributed by atoms with van der Waals surface area (Å²) in [6.45, 7) is 18.0. The Hall–Kier alpha value is -4.65. The average molecular weight is 931 g/mol. The van der Waals surface area contributed by atoms with Gasteiger partial charge in [0.15, 0.2) is 0 Å². The number of carbonyl (C=O) groups is 2. The van der Waals surface area contributed by atoms with E-state index in [0.717, 1.165) is 24.3 Å². The number of aromatic amines is 1. The summed E-state index contributed by atoms with van der Waals surface area (Å²) in [5.74, 6) is 0.115. The number of carbonyl (C=O) groups excluding carboxylic acids is 2. The molecule has 2 fully saturated rings. The topological polar surface area (TPSA) is 203 Å². The summed E-state index contributed by atoms with van der Waals surface area (Å²) in [5, 5.41) is 22.8. The Morgan fingerprint density at radius 1 is 0.769 bits per heavy atom. The van der Waals surface area contributed by atoms with Crippen LogP contribution in [0.15, 0.2) is 36.4 Å². The Labute approximate surface area is 397 Å². The van der Waals surface area contributed by atoms with Crippen LogP contribution in [0, 0.1) is 11.3 Å². The number of halogens is 6. The smallest absolute Gasteiger partial charge is 0.444 e. The number of hydrogen-bond donors (Lipinski definition) is 1. The van der Waals surface area contributed by atoms with Crippen molar-refractivity contribution in [2.75, 3.05) is 40.3 Å². The van der Waals surface area contributed by atoms with Crippen molar-refractivity contribution in [2.24, 2.45) is 0 Å². The quantitative estimate of drug-likeness (QED) is 0.0866. The number of benzene rings is 2. The van der Waals surface area contributed by atoms with E-state index in [-0.39, 0.29) is 69.8 Å². The molecule has 0 aliphatic carbocycles. The average Bonchev–Trinajstić information content (AvgIpc) is 3.72. The molecule has 0 radical (unpaired) electrons. The van der Waals surface area contributed by atoms with E-state index >= 15 is 0 Å². The SMILES string of the molecule is CN(Cc1ccc(C(F)(F)F)cc1-c1nn[nH]n1)C1(C)CCN(C(=O)OC(C)(C)C)CC1.CN(Cc1ccc(C(F)(F)F)cc1C#N)C1(C)CCN(C(=O)OC(C)(C)C)CC1.[N-]=[N+]=[N-].[Na+]. The van der Waals surface area contributed by atoms with E-state index in [4.69, 9.17) is 20.5 Å². The van der Waals surface area contributed by atoms with E-state index in [1.807, 2.05) is 66.6 Å². The number of alkyl halides is 6. The number of aromatic nitrogens is 4. The van der Waals surface area contributed by atoms with E-state index in [9.17, 15) is 41.2 Å². The van der Waals surface area contributed by atoms with Gasteiger partial charge < -0.3 is 30.3 Å². The molecule has 0 bridgehead atoms. The van der Waals surface area contributed by atoms with Crippen molar-refractivity contribution in [3.63, 3.8) is 0 Å². The summed E-state index contributed by atoms with van der Waals surface area (Å²) in [6, 6.07) is 8.75. The fourth-order valence-electron chi connectivity index (χ4n) is 7.02. The number of nitrogens with zero attached hydrogens (tertiary/aromatic N) is 11. The zero-order valence-electron chi connectivity index (χ0n) is 38.9. The first kappa shape index (κ1) is 56.5. The standard InChI is InChI=1S/C21H29F3N6O2.C21H28F3N3O2.N3.Na/c1-19(2,3)32-18(31)30-10-8-20(4,9-11-30)29(5)13-14-6-7-15(21(22,23)24)12-16(14)17-25-27-28-26-17;1-19(2,3)29-18(28)27-10-8-20(4,9-11-27)26(5)14-15-6-7-17(21(22,23)24)12-16(15)13-25;1-3-2;/h6-7,12H,8-11,13H2,1-5H3,(H,25,26,27,28);6-7,12H,8-11,14H2,1-5H3;;/q;;-1;+1. The third-order valence-corrected chi connectivity index (χ3v) is 11.2. The van der Waals surface area contributed by atoms with E-state index in [2.05, 4.69) is 39.4 Å². The fraction of sp³-hybridized carbons (Fsp3) is 0.619. The Morgan fingerprint density at radius 3 is 1.51 bits per heavy atom. The van der Waals surface area contributed by atoms with Gasteiger partial charge >= 0.3 is 54.1 Å². The zero-order chi connectivity index (χ0) is 48.5. The number of piperidine rings is 2. The van der Waals surface area contributed by atoms with Crippen LogP contribution in [-0.2, 0) is 34.9 Å². The molecule has 0 unspecified atom stereocenters. The molecule has 2 amide bonds. The maximum Gasteiger partial charge on any atom is 1.00 e. The van der Waals surface area contributed by atoms with Gasteiger partial charge in [-0.25, -0.2) is 9.59 Å². The van der Waals surface area contributed by atoms with Gasteiger partial charge in [0.1, 0.15) is 11.2 Å². The number of tetrazole rings is 1. The van der Waals surface area contributed by atoms with Crippen molar-refractivity contribution in [1.82, 2.24) is 40.2 Å². The summed E-state index contributed by atoms with van der Waals surface area (Å²) in [4.78, 5) is 33.6. The second-order valence-electron chi connectivity index (χ2n) is 18.3. The molecule has 2 saturated heterocycles. The van der Waals surface area contributed by atoms with E-state index in [0.29, 0.717) is 76.1 Å². The Bertz CT molecular complexity index is 2110.